The highest BCUT2D eigenvalue weighted by molar-refractivity contribution is 7.22. The van der Waals surface area contributed by atoms with E-state index >= 15 is 0 Å². The van der Waals surface area contributed by atoms with Crippen molar-refractivity contribution in [1.82, 2.24) is 10.3 Å². The maximum absolute atomic E-state index is 12.4. The number of thiazole rings is 1. The van der Waals surface area contributed by atoms with Crippen LogP contribution in [0.5, 0.6) is 0 Å². The molecule has 0 spiro atoms. The molecule has 0 unspecified atom stereocenters. The Hall–Kier alpha value is -2.40. The van der Waals surface area contributed by atoms with E-state index in [9.17, 15) is 9.59 Å². The molecule has 9 heteroatoms. The maximum atomic E-state index is 12.4. The van der Waals surface area contributed by atoms with Crippen LogP contribution < -0.4 is 10.6 Å². The van der Waals surface area contributed by atoms with Crippen molar-refractivity contribution in [3.8, 4) is 0 Å². The molecule has 0 fully saturated rings. The monoisotopic (exact) mass is 406 g/mol. The Balaban J connectivity index is 1.79. The molecule has 0 bridgehead atoms. The molecule has 0 radical (unpaired) electrons. The van der Waals surface area contributed by atoms with Crippen molar-refractivity contribution < 1.29 is 9.59 Å². The van der Waals surface area contributed by atoms with E-state index < -0.39 is 0 Å². The fourth-order valence-corrected chi connectivity index (χ4v) is 3.82. The first-order valence-corrected chi connectivity index (χ1v) is 9.05. The van der Waals surface area contributed by atoms with Gasteiger partial charge in [-0.2, -0.15) is 0 Å². The average Bonchev–Trinajstić information content (AvgIpc) is 3.14. The van der Waals surface area contributed by atoms with Crippen LogP contribution in [-0.4, -0.2) is 23.5 Å². The highest BCUT2D eigenvalue weighted by atomic mass is 35.5. The number of allylic oxidation sites excluding steroid dienone is 3. The van der Waals surface area contributed by atoms with E-state index in [0.717, 1.165) is 10.3 Å². The largest absolute Gasteiger partial charge is 0.298 e. The van der Waals surface area contributed by atoms with Crippen LogP contribution in [0.25, 0.3) is 15.1 Å². The number of fused-ring (bicyclic) bond motifs is 1. The molecule has 1 aliphatic carbocycles. The second-order valence-corrected chi connectivity index (χ2v) is 7.33. The summed E-state index contributed by atoms with van der Waals surface area (Å²) in [4.78, 5) is 31.8. The average molecular weight is 407 g/mol. The first-order valence-electron chi connectivity index (χ1n) is 7.48. The summed E-state index contributed by atoms with van der Waals surface area (Å²) < 4.78 is 0.745. The van der Waals surface area contributed by atoms with Crippen molar-refractivity contribution in [2.45, 2.75) is 13.3 Å². The molecule has 2 amide bonds. The number of carbonyl (C=O) groups excluding carboxylic acids is 2. The fraction of sp³-hybridized carbons (Fsp3) is 0.176. The molecule has 6 nitrogen and oxygen atoms in total. The topological polar surface area (TPSA) is 75.5 Å². The highest BCUT2D eigenvalue weighted by Gasteiger charge is 2.25. The number of hydrogen-bond donors (Lipinski definition) is 2. The molecule has 26 heavy (non-hydrogen) atoms. The van der Waals surface area contributed by atoms with E-state index in [0.29, 0.717) is 33.2 Å². The number of carbonyl (C=O) groups is 2. The normalized spacial score (nSPS) is 13.9. The third kappa shape index (κ3) is 3.58. The smallest absolute Gasteiger partial charge is 0.289 e. The zero-order chi connectivity index (χ0) is 18.8. The van der Waals surface area contributed by atoms with Crippen LogP contribution in [0.2, 0.25) is 0 Å². The Kier molecular flexibility index (Phi) is 5.28. The molecule has 0 aliphatic heterocycles. The molecular formula is C17H12Cl2N4O2S. The van der Waals surface area contributed by atoms with Crippen LogP contribution in [0, 0.1) is 6.57 Å². The van der Waals surface area contributed by atoms with Gasteiger partial charge in [0.05, 0.1) is 20.3 Å². The third-order valence-corrected chi connectivity index (χ3v) is 5.70. The Morgan fingerprint density at radius 1 is 1.31 bits per heavy atom. The minimum atomic E-state index is -0.348. The van der Waals surface area contributed by atoms with Gasteiger partial charge in [-0.05, 0) is 30.7 Å². The van der Waals surface area contributed by atoms with E-state index in [1.807, 2.05) is 6.92 Å². The van der Waals surface area contributed by atoms with Gasteiger partial charge in [0.2, 0.25) is 0 Å². The molecule has 0 saturated heterocycles. The SMILES string of the molecule is [C-]#[N+]CNC(=O)c1ccc2nc(NC(=O)C3=C(Cl)C(Cl)=C(C)C3)sc2c1. The number of nitrogens with zero attached hydrogens (tertiary/aromatic N) is 2. The van der Waals surface area contributed by atoms with Gasteiger partial charge < -0.3 is 0 Å². The number of halogens is 2. The van der Waals surface area contributed by atoms with Gasteiger partial charge in [-0.3, -0.25) is 25.1 Å². The van der Waals surface area contributed by atoms with E-state index in [1.165, 1.54) is 11.3 Å². The fourth-order valence-electron chi connectivity index (χ4n) is 2.43. The van der Waals surface area contributed by atoms with E-state index in [2.05, 4.69) is 20.5 Å². The van der Waals surface area contributed by atoms with Gasteiger partial charge in [0.25, 0.3) is 18.5 Å². The zero-order valence-corrected chi connectivity index (χ0v) is 15.8. The number of aromatic nitrogens is 1. The number of nitrogens with one attached hydrogen (secondary N) is 2. The van der Waals surface area contributed by atoms with Crippen LogP contribution in [0.1, 0.15) is 23.7 Å². The van der Waals surface area contributed by atoms with E-state index in [-0.39, 0.29) is 23.5 Å². The van der Waals surface area contributed by atoms with Gasteiger partial charge in [-0.25, -0.2) is 11.6 Å². The summed E-state index contributed by atoms with van der Waals surface area (Å²) in [5.41, 5.74) is 2.34. The molecule has 0 saturated carbocycles. The minimum absolute atomic E-state index is 0.0766. The predicted molar refractivity (Wildman–Crippen MR) is 103 cm³/mol. The van der Waals surface area contributed by atoms with Gasteiger partial charge in [-0.1, -0.05) is 34.5 Å². The van der Waals surface area contributed by atoms with Crippen LogP contribution in [0.15, 0.2) is 39.4 Å². The molecule has 1 aliphatic rings. The van der Waals surface area contributed by atoms with Crippen LogP contribution in [0.3, 0.4) is 0 Å². The predicted octanol–water partition coefficient (Wildman–Crippen LogP) is 4.25. The van der Waals surface area contributed by atoms with Gasteiger partial charge in [0.15, 0.2) is 5.13 Å². The number of hydrogen-bond acceptors (Lipinski definition) is 4. The first kappa shape index (κ1) is 18.4. The lowest BCUT2D eigenvalue weighted by Gasteiger charge is -2.03. The summed E-state index contributed by atoms with van der Waals surface area (Å²) in [5, 5.41) is 6.30. The molecule has 2 aromatic rings. The van der Waals surface area contributed by atoms with Crippen molar-refractivity contribution in [3.05, 3.63) is 56.4 Å². The molecular weight excluding hydrogens is 395 g/mol. The number of amides is 2. The quantitative estimate of drug-likeness (QED) is 0.745. The molecule has 1 heterocycles. The van der Waals surface area contributed by atoms with Crippen molar-refractivity contribution in [3.63, 3.8) is 0 Å². The summed E-state index contributed by atoms with van der Waals surface area (Å²) in [6, 6.07) is 4.99. The Bertz CT molecular complexity index is 1030. The summed E-state index contributed by atoms with van der Waals surface area (Å²) in [6.07, 6.45) is 0.403. The Morgan fingerprint density at radius 3 is 2.73 bits per heavy atom. The van der Waals surface area contributed by atoms with Gasteiger partial charge in [0, 0.05) is 17.6 Å². The minimum Gasteiger partial charge on any atom is -0.298 e. The maximum Gasteiger partial charge on any atom is 0.289 e. The van der Waals surface area contributed by atoms with Crippen molar-refractivity contribution in [1.29, 1.82) is 0 Å². The van der Waals surface area contributed by atoms with Crippen molar-refractivity contribution in [2.75, 3.05) is 12.0 Å². The molecule has 3 rings (SSSR count). The number of rotatable bonds is 4. The van der Waals surface area contributed by atoms with Gasteiger partial charge in [0.1, 0.15) is 0 Å². The second kappa shape index (κ2) is 7.46. The van der Waals surface area contributed by atoms with Gasteiger partial charge in [-0.15, -0.1) is 0 Å². The second-order valence-electron chi connectivity index (χ2n) is 5.54. The van der Waals surface area contributed by atoms with Crippen molar-refractivity contribution >= 4 is 61.7 Å². The van der Waals surface area contributed by atoms with E-state index in [4.69, 9.17) is 29.8 Å². The highest BCUT2D eigenvalue weighted by Crippen LogP contribution is 2.38. The van der Waals surface area contributed by atoms with E-state index in [1.54, 1.807) is 18.2 Å². The number of benzene rings is 1. The molecule has 1 aromatic heterocycles. The molecule has 132 valence electrons. The number of anilines is 1. The molecule has 2 N–H and O–H groups in total. The Labute approximate surface area is 163 Å². The summed E-state index contributed by atoms with van der Waals surface area (Å²) >= 11 is 13.4. The summed E-state index contributed by atoms with van der Waals surface area (Å²) in [5.74, 6) is -0.681. The summed E-state index contributed by atoms with van der Waals surface area (Å²) in [6.45, 7) is 8.45. The first-order chi connectivity index (χ1) is 12.4. The Morgan fingerprint density at radius 2 is 2.08 bits per heavy atom. The lowest BCUT2D eigenvalue weighted by atomic mass is 10.1. The summed E-state index contributed by atoms with van der Waals surface area (Å²) in [7, 11) is 0. The lowest BCUT2D eigenvalue weighted by molar-refractivity contribution is -0.112. The molecule has 0 atom stereocenters. The molecule has 1 aromatic carbocycles. The standard InChI is InChI=1S/C17H12Cl2N4O2S/c1-8-5-10(14(19)13(8)18)16(25)23-17-22-11-4-3-9(6-12(11)26-17)15(24)21-7-20-2/h3-4,6H,5,7H2,1H3,(H,21,24)(H,22,23,25). The van der Waals surface area contributed by atoms with Crippen molar-refractivity contribution in [2.24, 2.45) is 0 Å². The lowest BCUT2D eigenvalue weighted by Crippen LogP contribution is -2.22. The van der Waals surface area contributed by atoms with Crippen LogP contribution in [-0.2, 0) is 4.79 Å². The van der Waals surface area contributed by atoms with Crippen LogP contribution >= 0.6 is 34.5 Å². The third-order valence-electron chi connectivity index (χ3n) is 3.74. The zero-order valence-electron chi connectivity index (χ0n) is 13.5. The van der Waals surface area contributed by atoms with Gasteiger partial charge >= 0.3 is 0 Å². The van der Waals surface area contributed by atoms with Crippen LogP contribution in [0.4, 0.5) is 5.13 Å².